The molecule has 0 amide bonds. The second-order valence-corrected chi connectivity index (χ2v) is 4.90. The molecule has 0 spiro atoms. The van der Waals surface area contributed by atoms with Gasteiger partial charge in [0.15, 0.2) is 5.96 Å². The first-order valence-corrected chi connectivity index (χ1v) is 7.21. The summed E-state index contributed by atoms with van der Waals surface area (Å²) in [5, 5.41) is 6.54. The van der Waals surface area contributed by atoms with Crippen LogP contribution in [0.25, 0.3) is 0 Å². The predicted octanol–water partition coefficient (Wildman–Crippen LogP) is 2.88. The van der Waals surface area contributed by atoms with Crippen molar-refractivity contribution in [2.75, 3.05) is 14.2 Å². The van der Waals surface area contributed by atoms with Crippen molar-refractivity contribution in [2.24, 2.45) is 4.99 Å². The maximum atomic E-state index is 5.27. The first-order chi connectivity index (χ1) is 10.7. The molecule has 2 aromatic rings. The molecule has 0 aliphatic heterocycles. The van der Waals surface area contributed by atoms with Crippen LogP contribution < -0.4 is 15.4 Å². The zero-order valence-electron chi connectivity index (χ0n) is 13.7. The van der Waals surface area contributed by atoms with Gasteiger partial charge in [0.1, 0.15) is 5.75 Å². The minimum atomic E-state index is 0. The molecule has 0 fully saturated rings. The summed E-state index contributed by atoms with van der Waals surface area (Å²) in [4.78, 5) is 8.49. The van der Waals surface area contributed by atoms with Gasteiger partial charge in [-0.3, -0.25) is 9.98 Å². The van der Waals surface area contributed by atoms with Gasteiger partial charge in [-0.15, -0.1) is 24.0 Å². The van der Waals surface area contributed by atoms with Crippen LogP contribution in [0.15, 0.2) is 47.6 Å². The van der Waals surface area contributed by atoms with Crippen LogP contribution in [0, 0.1) is 6.92 Å². The van der Waals surface area contributed by atoms with E-state index in [1.54, 1.807) is 20.4 Å². The number of aromatic nitrogens is 1. The van der Waals surface area contributed by atoms with E-state index in [2.05, 4.69) is 26.7 Å². The lowest BCUT2D eigenvalue weighted by Crippen LogP contribution is -2.36. The van der Waals surface area contributed by atoms with Crippen molar-refractivity contribution in [1.29, 1.82) is 0 Å². The average Bonchev–Trinajstić information content (AvgIpc) is 2.56. The Bertz CT molecular complexity index is 632. The second-order valence-electron chi connectivity index (χ2n) is 4.90. The first kappa shape index (κ1) is 19.2. The number of hydrogen-bond donors (Lipinski definition) is 2. The minimum absolute atomic E-state index is 0. The number of guanidine groups is 1. The van der Waals surface area contributed by atoms with Gasteiger partial charge in [-0.25, -0.2) is 0 Å². The van der Waals surface area contributed by atoms with Crippen LogP contribution in [0.1, 0.15) is 16.8 Å². The van der Waals surface area contributed by atoms with E-state index >= 15 is 0 Å². The van der Waals surface area contributed by atoms with Gasteiger partial charge in [0.25, 0.3) is 0 Å². The zero-order valence-corrected chi connectivity index (χ0v) is 16.0. The summed E-state index contributed by atoms with van der Waals surface area (Å²) in [6.07, 6.45) is 1.79. The number of halogens is 1. The van der Waals surface area contributed by atoms with E-state index in [4.69, 9.17) is 4.74 Å². The highest BCUT2D eigenvalue weighted by atomic mass is 127. The van der Waals surface area contributed by atoms with Crippen LogP contribution in [-0.4, -0.2) is 25.1 Å². The van der Waals surface area contributed by atoms with Gasteiger partial charge in [0.2, 0.25) is 0 Å². The van der Waals surface area contributed by atoms with Crippen LogP contribution in [0.5, 0.6) is 5.75 Å². The van der Waals surface area contributed by atoms with Crippen molar-refractivity contribution in [2.45, 2.75) is 20.0 Å². The predicted molar refractivity (Wildman–Crippen MR) is 104 cm³/mol. The Morgan fingerprint density at radius 3 is 2.57 bits per heavy atom. The van der Waals surface area contributed by atoms with E-state index in [0.717, 1.165) is 23.0 Å². The van der Waals surface area contributed by atoms with Crippen molar-refractivity contribution in [1.82, 2.24) is 15.6 Å². The molecule has 5 nitrogen and oxygen atoms in total. The van der Waals surface area contributed by atoms with Gasteiger partial charge in [-0.2, -0.15) is 0 Å². The molecule has 23 heavy (non-hydrogen) atoms. The molecule has 0 radical (unpaired) electrons. The summed E-state index contributed by atoms with van der Waals surface area (Å²) in [5.74, 6) is 1.65. The smallest absolute Gasteiger partial charge is 0.191 e. The number of rotatable bonds is 5. The Morgan fingerprint density at radius 1 is 1.17 bits per heavy atom. The number of pyridine rings is 1. The molecular weight excluding hydrogens is 403 g/mol. The third kappa shape index (κ3) is 6.05. The molecule has 0 aliphatic rings. The third-order valence-electron chi connectivity index (χ3n) is 3.31. The molecule has 0 aliphatic carbocycles. The van der Waals surface area contributed by atoms with E-state index < -0.39 is 0 Å². The molecule has 2 rings (SSSR count). The van der Waals surface area contributed by atoms with Crippen LogP contribution in [-0.2, 0) is 13.1 Å². The highest BCUT2D eigenvalue weighted by Crippen LogP contribution is 2.18. The highest BCUT2D eigenvalue weighted by molar-refractivity contribution is 14.0. The molecule has 124 valence electrons. The van der Waals surface area contributed by atoms with Crippen molar-refractivity contribution < 1.29 is 4.74 Å². The standard InChI is InChI=1S/C17H22N4O.HI/c1-13-10-14(7-8-16(13)22-3)11-20-17(18-2)21-12-15-6-4-5-9-19-15;/h4-10H,11-12H2,1-3H3,(H2,18,20,21);1H. The van der Waals surface area contributed by atoms with E-state index in [9.17, 15) is 0 Å². The fourth-order valence-corrected chi connectivity index (χ4v) is 2.13. The lowest BCUT2D eigenvalue weighted by molar-refractivity contribution is 0.411. The van der Waals surface area contributed by atoms with Crippen LogP contribution in [0.3, 0.4) is 0 Å². The average molecular weight is 426 g/mol. The molecule has 1 aromatic heterocycles. The topological polar surface area (TPSA) is 58.5 Å². The van der Waals surface area contributed by atoms with Crippen molar-refractivity contribution in [3.8, 4) is 5.75 Å². The monoisotopic (exact) mass is 426 g/mol. The van der Waals surface area contributed by atoms with Gasteiger partial charge in [-0.05, 0) is 36.2 Å². The van der Waals surface area contributed by atoms with Crippen molar-refractivity contribution >= 4 is 29.9 Å². The zero-order chi connectivity index (χ0) is 15.8. The summed E-state index contributed by atoms with van der Waals surface area (Å²) >= 11 is 0. The Morgan fingerprint density at radius 2 is 1.96 bits per heavy atom. The summed E-state index contributed by atoms with van der Waals surface area (Å²) in [5.41, 5.74) is 3.28. The maximum absolute atomic E-state index is 5.27. The third-order valence-corrected chi connectivity index (χ3v) is 3.31. The van der Waals surface area contributed by atoms with Crippen LogP contribution in [0.2, 0.25) is 0 Å². The number of ether oxygens (including phenoxy) is 1. The maximum Gasteiger partial charge on any atom is 0.191 e. The first-order valence-electron chi connectivity index (χ1n) is 7.21. The number of methoxy groups -OCH3 is 1. The Balaban J connectivity index is 0.00000264. The van der Waals surface area contributed by atoms with E-state index in [1.807, 2.05) is 37.3 Å². The largest absolute Gasteiger partial charge is 0.496 e. The highest BCUT2D eigenvalue weighted by Gasteiger charge is 2.02. The van der Waals surface area contributed by atoms with Gasteiger partial charge < -0.3 is 15.4 Å². The number of nitrogens with zero attached hydrogens (tertiary/aromatic N) is 2. The minimum Gasteiger partial charge on any atom is -0.496 e. The summed E-state index contributed by atoms with van der Waals surface area (Å²) in [6, 6.07) is 12.0. The summed E-state index contributed by atoms with van der Waals surface area (Å²) < 4.78 is 5.27. The second kappa shape index (κ2) is 10.0. The molecule has 2 N–H and O–H groups in total. The molecule has 1 heterocycles. The number of benzene rings is 1. The van der Waals surface area contributed by atoms with Gasteiger partial charge in [0, 0.05) is 19.8 Å². The van der Waals surface area contributed by atoms with Crippen molar-refractivity contribution in [3.63, 3.8) is 0 Å². The molecule has 0 atom stereocenters. The molecule has 1 aromatic carbocycles. The van der Waals surface area contributed by atoms with Crippen molar-refractivity contribution in [3.05, 3.63) is 59.4 Å². The Kier molecular flexibility index (Phi) is 8.39. The van der Waals surface area contributed by atoms with E-state index in [-0.39, 0.29) is 24.0 Å². The molecule has 6 heteroatoms. The quantitative estimate of drug-likeness (QED) is 0.439. The number of aliphatic imine (C=N–C) groups is 1. The number of aryl methyl sites for hydroxylation is 1. The number of hydrogen-bond acceptors (Lipinski definition) is 3. The number of nitrogens with one attached hydrogen (secondary N) is 2. The molecule has 0 bridgehead atoms. The molecule has 0 unspecified atom stereocenters. The van der Waals surface area contributed by atoms with E-state index in [0.29, 0.717) is 13.1 Å². The fourth-order valence-electron chi connectivity index (χ4n) is 2.13. The van der Waals surface area contributed by atoms with Gasteiger partial charge >= 0.3 is 0 Å². The Labute approximate surface area is 154 Å². The normalized spacial score (nSPS) is 10.7. The fraction of sp³-hybridized carbons (Fsp3) is 0.294. The molecule has 0 saturated heterocycles. The molecule has 0 saturated carbocycles. The van der Waals surface area contributed by atoms with Crippen LogP contribution in [0.4, 0.5) is 0 Å². The lowest BCUT2D eigenvalue weighted by Gasteiger charge is -2.12. The lowest BCUT2D eigenvalue weighted by atomic mass is 10.1. The molecular formula is C17H23IN4O. The summed E-state index contributed by atoms with van der Waals surface area (Å²) in [7, 11) is 3.44. The van der Waals surface area contributed by atoms with Gasteiger partial charge in [-0.1, -0.05) is 18.2 Å². The summed E-state index contributed by atoms with van der Waals surface area (Å²) in [6.45, 7) is 3.38. The van der Waals surface area contributed by atoms with Gasteiger partial charge in [0.05, 0.1) is 19.3 Å². The SMILES string of the molecule is CN=C(NCc1ccc(OC)c(C)c1)NCc1ccccn1.I. The Hall–Kier alpha value is -1.83. The van der Waals surface area contributed by atoms with Crippen LogP contribution >= 0.6 is 24.0 Å². The van der Waals surface area contributed by atoms with E-state index in [1.165, 1.54) is 5.56 Å².